The zero-order valence-electron chi connectivity index (χ0n) is 15.6. The number of hydrogen-bond acceptors (Lipinski definition) is 4. The van der Waals surface area contributed by atoms with Gasteiger partial charge in [-0.2, -0.15) is 5.26 Å². The van der Waals surface area contributed by atoms with Crippen molar-refractivity contribution in [3.05, 3.63) is 24.3 Å². The van der Waals surface area contributed by atoms with Crippen LogP contribution >= 0.6 is 0 Å². The highest BCUT2D eigenvalue weighted by molar-refractivity contribution is 5.86. The lowest BCUT2D eigenvalue weighted by molar-refractivity contribution is -0.368. The van der Waals surface area contributed by atoms with Crippen molar-refractivity contribution in [2.24, 2.45) is 23.5 Å². The van der Waals surface area contributed by atoms with Crippen molar-refractivity contribution in [1.29, 1.82) is 5.26 Å². The molecular weight excluding hydrogens is 375 g/mol. The summed E-state index contributed by atoms with van der Waals surface area (Å²) in [4.78, 5) is 25.6. The number of hydrogen-bond donors (Lipinski definition) is 1. The minimum Gasteiger partial charge on any atom is -0.369 e. The van der Waals surface area contributed by atoms with E-state index < -0.39 is 35.6 Å². The van der Waals surface area contributed by atoms with E-state index in [4.69, 9.17) is 11.0 Å². The molecule has 2 rings (SSSR count). The van der Waals surface area contributed by atoms with Crippen molar-refractivity contribution < 1.29 is 27.5 Å². The summed E-state index contributed by atoms with van der Waals surface area (Å²) in [6.45, 7) is 0. The summed E-state index contributed by atoms with van der Waals surface area (Å²) in [6, 6.07) is 0. The quantitative estimate of drug-likeness (QED) is 0.548. The summed E-state index contributed by atoms with van der Waals surface area (Å²) in [7, 11) is 1.18. The molecule has 0 bridgehead atoms. The summed E-state index contributed by atoms with van der Waals surface area (Å²) < 4.78 is 44.6. The van der Waals surface area contributed by atoms with E-state index in [0.717, 1.165) is 38.2 Å². The molecule has 0 spiro atoms. The van der Waals surface area contributed by atoms with Crippen molar-refractivity contribution >= 4 is 11.8 Å². The van der Waals surface area contributed by atoms with Crippen LogP contribution in [0.15, 0.2) is 24.3 Å². The molecule has 9 heteroatoms. The predicted molar refractivity (Wildman–Crippen MR) is 93.9 cm³/mol. The second-order valence-electron chi connectivity index (χ2n) is 7.31. The molecule has 6 nitrogen and oxygen atoms in total. The van der Waals surface area contributed by atoms with Gasteiger partial charge in [0.25, 0.3) is 0 Å². The monoisotopic (exact) mass is 399 g/mol. The Morgan fingerprint density at radius 2 is 1.96 bits per heavy atom. The number of nitrogens with zero attached hydrogens (tertiary/aromatic N) is 2. The number of carbonyl (C=O) groups excluding carboxylic acids is 2. The van der Waals surface area contributed by atoms with Gasteiger partial charge >= 0.3 is 6.36 Å². The Balaban J connectivity index is 2.54. The lowest BCUT2D eigenvalue weighted by atomic mass is 9.68. The number of halogens is 3. The van der Waals surface area contributed by atoms with Gasteiger partial charge in [0.2, 0.25) is 11.8 Å². The van der Waals surface area contributed by atoms with Gasteiger partial charge in [-0.1, -0.05) is 56.4 Å². The van der Waals surface area contributed by atoms with Crippen molar-refractivity contribution in [2.45, 2.75) is 50.5 Å². The highest BCUT2D eigenvalue weighted by atomic mass is 19.4. The predicted octanol–water partition coefficient (Wildman–Crippen LogP) is 3.02. The number of nitriles is 1. The highest BCUT2D eigenvalue weighted by Crippen LogP contribution is 2.45. The third-order valence-corrected chi connectivity index (χ3v) is 5.47. The average Bonchev–Trinajstić information content (AvgIpc) is 2.64. The maximum absolute atomic E-state index is 13.4. The van der Waals surface area contributed by atoms with E-state index in [1.54, 1.807) is 6.19 Å². The number of allylic oxidation sites excluding steroid dienone is 2. The molecule has 0 aromatic rings. The Bertz CT molecular complexity index is 693. The van der Waals surface area contributed by atoms with E-state index >= 15 is 0 Å². The van der Waals surface area contributed by atoms with Gasteiger partial charge < -0.3 is 5.73 Å². The van der Waals surface area contributed by atoms with Crippen molar-refractivity contribution in [2.75, 3.05) is 7.05 Å². The molecule has 1 saturated carbocycles. The van der Waals surface area contributed by atoms with Crippen LogP contribution in [0.1, 0.15) is 38.5 Å². The first-order chi connectivity index (χ1) is 13.1. The molecular formula is C19H24F3N3O3. The Labute approximate surface area is 161 Å². The molecule has 0 aliphatic heterocycles. The number of alkyl halides is 3. The number of ether oxygens (including phenoxy) is 1. The fourth-order valence-corrected chi connectivity index (χ4v) is 4.17. The Kier molecular flexibility index (Phi) is 6.88. The van der Waals surface area contributed by atoms with Gasteiger partial charge in [-0.05, 0) is 12.3 Å². The topological polar surface area (TPSA) is 96.4 Å². The molecule has 28 heavy (non-hydrogen) atoms. The molecule has 2 aliphatic rings. The van der Waals surface area contributed by atoms with Crippen LogP contribution in [-0.4, -0.2) is 35.7 Å². The molecule has 0 aromatic carbocycles. The lowest BCUT2D eigenvalue weighted by Crippen LogP contribution is -2.57. The van der Waals surface area contributed by atoms with Gasteiger partial charge in [-0.15, -0.1) is 13.2 Å². The standard InChI is InChI=1S/C19H24F3N3O3/c1-25(12-23)17(27)15(11-13-7-3-2-4-8-13)18(28-19(20,21)22)10-6-5-9-14(18)16(24)26/h5-6,9-10,13-15H,2-4,7-8,11H2,1H3,(H2,24,26)/t14?,15-,18?/m1/s1. The first-order valence-corrected chi connectivity index (χ1v) is 9.20. The number of rotatable bonds is 6. The van der Waals surface area contributed by atoms with E-state index in [9.17, 15) is 22.8 Å². The number of primary amides is 1. The lowest BCUT2D eigenvalue weighted by Gasteiger charge is -2.44. The minimum absolute atomic E-state index is 0.00339. The molecule has 1 fully saturated rings. The van der Waals surface area contributed by atoms with E-state index in [1.165, 1.54) is 25.3 Å². The van der Waals surface area contributed by atoms with Crippen LogP contribution in [0, 0.1) is 29.2 Å². The summed E-state index contributed by atoms with van der Waals surface area (Å²) in [6.07, 6.45) is 5.98. The molecule has 0 saturated heterocycles. The van der Waals surface area contributed by atoms with Gasteiger partial charge in [-0.3, -0.25) is 19.2 Å². The summed E-state index contributed by atoms with van der Waals surface area (Å²) in [5, 5.41) is 9.12. The van der Waals surface area contributed by atoms with Crippen LogP contribution in [0.2, 0.25) is 0 Å². The Morgan fingerprint density at radius 1 is 1.32 bits per heavy atom. The van der Waals surface area contributed by atoms with Gasteiger partial charge in [0.05, 0.1) is 11.8 Å². The molecule has 2 N–H and O–H groups in total. The first-order valence-electron chi connectivity index (χ1n) is 9.20. The summed E-state index contributed by atoms with van der Waals surface area (Å²) in [5.41, 5.74) is 3.05. The van der Waals surface area contributed by atoms with Gasteiger partial charge in [-0.25, -0.2) is 0 Å². The van der Waals surface area contributed by atoms with Crippen molar-refractivity contribution in [1.82, 2.24) is 4.90 Å². The minimum atomic E-state index is -5.11. The summed E-state index contributed by atoms with van der Waals surface area (Å²) in [5.74, 6) is -4.75. The molecule has 2 amide bonds. The van der Waals surface area contributed by atoms with Crippen LogP contribution in [0.3, 0.4) is 0 Å². The maximum Gasteiger partial charge on any atom is 0.523 e. The Hall–Kier alpha value is -2.34. The van der Waals surface area contributed by atoms with Gasteiger partial charge in [0.1, 0.15) is 5.60 Å². The van der Waals surface area contributed by atoms with E-state index in [1.807, 2.05) is 0 Å². The van der Waals surface area contributed by atoms with Crippen molar-refractivity contribution in [3.63, 3.8) is 0 Å². The maximum atomic E-state index is 13.4. The van der Waals surface area contributed by atoms with Crippen molar-refractivity contribution in [3.8, 4) is 6.19 Å². The smallest absolute Gasteiger partial charge is 0.369 e. The molecule has 0 heterocycles. The SMILES string of the molecule is CN(C#N)C(=O)[C@@H](CC1CCCCC1)C1(OC(F)(F)F)C=CC=CC1C(N)=O. The van der Waals surface area contributed by atoms with Crippen LogP contribution in [-0.2, 0) is 14.3 Å². The number of amides is 2. The van der Waals surface area contributed by atoms with E-state index in [2.05, 4.69) is 4.74 Å². The number of nitrogens with two attached hydrogens (primary N) is 1. The molecule has 0 aromatic heterocycles. The normalized spacial score (nSPS) is 26.5. The van der Waals surface area contributed by atoms with E-state index in [0.29, 0.717) is 4.90 Å². The van der Waals surface area contributed by atoms with Gasteiger partial charge in [0, 0.05) is 7.05 Å². The zero-order valence-corrected chi connectivity index (χ0v) is 15.6. The highest BCUT2D eigenvalue weighted by Gasteiger charge is 2.56. The van der Waals surface area contributed by atoms with Crippen LogP contribution in [0.4, 0.5) is 13.2 Å². The molecule has 2 unspecified atom stereocenters. The second-order valence-corrected chi connectivity index (χ2v) is 7.31. The largest absolute Gasteiger partial charge is 0.523 e. The fourth-order valence-electron chi connectivity index (χ4n) is 4.17. The zero-order chi connectivity index (χ0) is 20.9. The van der Waals surface area contributed by atoms with Crippen LogP contribution < -0.4 is 5.73 Å². The molecule has 3 atom stereocenters. The molecule has 2 aliphatic carbocycles. The average molecular weight is 399 g/mol. The third-order valence-electron chi connectivity index (χ3n) is 5.47. The number of carbonyl (C=O) groups is 2. The Morgan fingerprint density at radius 3 is 2.50 bits per heavy atom. The fraction of sp³-hybridized carbons (Fsp3) is 0.632. The van der Waals surface area contributed by atoms with Crippen LogP contribution in [0.25, 0.3) is 0 Å². The van der Waals surface area contributed by atoms with E-state index in [-0.39, 0.29) is 12.3 Å². The second kappa shape index (κ2) is 8.78. The van der Waals surface area contributed by atoms with Gasteiger partial charge in [0.15, 0.2) is 6.19 Å². The third kappa shape index (κ3) is 4.93. The molecule has 0 radical (unpaired) electrons. The summed E-state index contributed by atoms with van der Waals surface area (Å²) >= 11 is 0. The first kappa shape index (κ1) is 22.0. The van der Waals surface area contributed by atoms with Crippen LogP contribution in [0.5, 0.6) is 0 Å². The molecule has 154 valence electrons.